The highest BCUT2D eigenvalue weighted by molar-refractivity contribution is 6.04. The van der Waals surface area contributed by atoms with Crippen molar-refractivity contribution in [2.24, 2.45) is 0 Å². The molecule has 0 aliphatic carbocycles. The summed E-state index contributed by atoms with van der Waals surface area (Å²) in [6.45, 7) is 4.47. The maximum Gasteiger partial charge on any atom is -0.00990 e. The lowest BCUT2D eigenvalue weighted by atomic mass is 9.94. The summed E-state index contributed by atoms with van der Waals surface area (Å²) in [6.07, 6.45) is 0. The number of benzene rings is 4. The van der Waals surface area contributed by atoms with Crippen molar-refractivity contribution in [3.05, 3.63) is 84.4 Å². The lowest BCUT2D eigenvalue weighted by molar-refractivity contribution is 0.867. The lowest BCUT2D eigenvalue weighted by Gasteiger charge is -2.11. The van der Waals surface area contributed by atoms with Gasteiger partial charge in [-0.15, -0.1) is 0 Å². The Hall–Kier alpha value is -2.60. The monoisotopic (exact) mass is 296 g/mol. The summed E-state index contributed by atoms with van der Waals surface area (Å²) in [4.78, 5) is 0. The van der Waals surface area contributed by atoms with Crippen molar-refractivity contribution in [2.75, 3.05) is 0 Å². The SMILES string of the molecule is CC(C)c1ccc(-c2cccc3cc4ccccc4cc23)cc1. The second kappa shape index (κ2) is 5.55. The van der Waals surface area contributed by atoms with Gasteiger partial charge in [0.15, 0.2) is 0 Å². The van der Waals surface area contributed by atoms with Crippen LogP contribution in [0, 0.1) is 0 Å². The predicted molar refractivity (Wildman–Crippen MR) is 101 cm³/mol. The van der Waals surface area contributed by atoms with E-state index in [1.165, 1.54) is 38.2 Å². The fourth-order valence-electron chi connectivity index (χ4n) is 3.27. The second-order valence-corrected chi connectivity index (χ2v) is 6.50. The number of rotatable bonds is 2. The summed E-state index contributed by atoms with van der Waals surface area (Å²) in [5.74, 6) is 0.570. The Morgan fingerprint density at radius 2 is 1.26 bits per heavy atom. The minimum absolute atomic E-state index is 0.570. The molecule has 0 aliphatic heterocycles. The molecule has 0 heterocycles. The normalized spacial score (nSPS) is 11.4. The van der Waals surface area contributed by atoms with Gasteiger partial charge in [0.1, 0.15) is 0 Å². The van der Waals surface area contributed by atoms with Crippen LogP contribution < -0.4 is 0 Å². The largest absolute Gasteiger partial charge is 0.0616 e. The Kier molecular flexibility index (Phi) is 3.38. The van der Waals surface area contributed by atoms with E-state index in [1.54, 1.807) is 0 Å². The standard InChI is InChI=1S/C23H20/c1-16(2)17-10-12-18(13-11-17)22-9-5-8-21-14-19-6-3-4-7-20(19)15-23(21)22/h3-16H,1-2H3. The molecule has 4 aromatic rings. The number of fused-ring (bicyclic) bond motifs is 2. The maximum atomic E-state index is 2.32. The third kappa shape index (κ3) is 2.51. The van der Waals surface area contributed by atoms with Gasteiger partial charge in [-0.05, 0) is 56.3 Å². The highest BCUT2D eigenvalue weighted by Crippen LogP contribution is 2.32. The van der Waals surface area contributed by atoms with Crippen LogP contribution in [0.4, 0.5) is 0 Å². The van der Waals surface area contributed by atoms with Gasteiger partial charge in [-0.2, -0.15) is 0 Å². The molecule has 4 aromatic carbocycles. The average Bonchev–Trinajstić information content (AvgIpc) is 2.59. The molecule has 112 valence electrons. The summed E-state index contributed by atoms with van der Waals surface area (Å²) < 4.78 is 0. The molecule has 23 heavy (non-hydrogen) atoms. The third-order valence-corrected chi connectivity index (χ3v) is 4.64. The zero-order valence-electron chi connectivity index (χ0n) is 13.6. The molecule has 4 rings (SSSR count). The van der Waals surface area contributed by atoms with Crippen LogP contribution in [0.15, 0.2) is 78.9 Å². The van der Waals surface area contributed by atoms with Gasteiger partial charge < -0.3 is 0 Å². The van der Waals surface area contributed by atoms with Crippen LogP contribution in [0.1, 0.15) is 25.3 Å². The van der Waals surface area contributed by atoms with Crippen LogP contribution in [-0.2, 0) is 0 Å². The van der Waals surface area contributed by atoms with Crippen LogP contribution in [-0.4, -0.2) is 0 Å². The fraction of sp³-hybridized carbons (Fsp3) is 0.130. The van der Waals surface area contributed by atoms with Crippen LogP contribution in [0.25, 0.3) is 32.7 Å². The zero-order valence-corrected chi connectivity index (χ0v) is 13.6. The van der Waals surface area contributed by atoms with Crippen LogP contribution in [0.5, 0.6) is 0 Å². The molecule has 0 N–H and O–H groups in total. The smallest absolute Gasteiger partial charge is 0.00990 e. The Labute approximate surface area is 137 Å². The molecule has 0 unspecified atom stereocenters. The van der Waals surface area contributed by atoms with E-state index in [-0.39, 0.29) is 0 Å². The minimum atomic E-state index is 0.570. The van der Waals surface area contributed by atoms with Crippen LogP contribution >= 0.6 is 0 Å². The lowest BCUT2D eigenvalue weighted by Crippen LogP contribution is -1.87. The first-order chi connectivity index (χ1) is 11.2. The van der Waals surface area contributed by atoms with Crippen LogP contribution in [0.3, 0.4) is 0 Å². The van der Waals surface area contributed by atoms with Crippen molar-refractivity contribution in [1.29, 1.82) is 0 Å². The Bertz CT molecular complexity index is 976. The van der Waals surface area contributed by atoms with E-state index < -0.39 is 0 Å². The molecule has 0 fully saturated rings. The molecule has 0 aromatic heterocycles. The van der Waals surface area contributed by atoms with Crippen molar-refractivity contribution >= 4 is 21.5 Å². The first-order valence-corrected chi connectivity index (χ1v) is 8.24. The van der Waals surface area contributed by atoms with Gasteiger partial charge in [-0.1, -0.05) is 80.6 Å². The van der Waals surface area contributed by atoms with Crippen molar-refractivity contribution < 1.29 is 0 Å². The average molecular weight is 296 g/mol. The third-order valence-electron chi connectivity index (χ3n) is 4.64. The molecular formula is C23H20. The molecule has 0 nitrogen and oxygen atoms in total. The van der Waals surface area contributed by atoms with Gasteiger partial charge >= 0.3 is 0 Å². The van der Waals surface area contributed by atoms with Gasteiger partial charge in [0, 0.05) is 0 Å². The van der Waals surface area contributed by atoms with Crippen molar-refractivity contribution in [2.45, 2.75) is 19.8 Å². The molecule has 0 atom stereocenters. The topological polar surface area (TPSA) is 0 Å². The second-order valence-electron chi connectivity index (χ2n) is 6.50. The fourth-order valence-corrected chi connectivity index (χ4v) is 3.27. The van der Waals surface area contributed by atoms with E-state index in [1.807, 2.05) is 0 Å². The van der Waals surface area contributed by atoms with E-state index in [2.05, 4.69) is 92.7 Å². The van der Waals surface area contributed by atoms with Gasteiger partial charge in [0.05, 0.1) is 0 Å². The van der Waals surface area contributed by atoms with E-state index in [9.17, 15) is 0 Å². The number of hydrogen-bond donors (Lipinski definition) is 0. The van der Waals surface area contributed by atoms with Crippen LogP contribution in [0.2, 0.25) is 0 Å². The quantitative estimate of drug-likeness (QED) is 0.357. The molecule has 0 saturated carbocycles. The van der Waals surface area contributed by atoms with E-state index in [0.717, 1.165) is 0 Å². The van der Waals surface area contributed by atoms with Gasteiger partial charge in [0.2, 0.25) is 0 Å². The molecule has 0 amide bonds. The van der Waals surface area contributed by atoms with Gasteiger partial charge in [0.25, 0.3) is 0 Å². The summed E-state index contributed by atoms with van der Waals surface area (Å²) in [7, 11) is 0. The zero-order chi connectivity index (χ0) is 15.8. The van der Waals surface area contributed by atoms with Gasteiger partial charge in [-0.3, -0.25) is 0 Å². The van der Waals surface area contributed by atoms with E-state index in [0.29, 0.717) is 5.92 Å². The Morgan fingerprint density at radius 3 is 1.96 bits per heavy atom. The Balaban J connectivity index is 1.93. The van der Waals surface area contributed by atoms with Gasteiger partial charge in [-0.25, -0.2) is 0 Å². The highest BCUT2D eigenvalue weighted by Gasteiger charge is 2.06. The maximum absolute atomic E-state index is 2.32. The molecule has 0 aliphatic rings. The molecule has 0 heteroatoms. The molecular weight excluding hydrogens is 276 g/mol. The van der Waals surface area contributed by atoms with Crippen molar-refractivity contribution in [1.82, 2.24) is 0 Å². The van der Waals surface area contributed by atoms with E-state index in [4.69, 9.17) is 0 Å². The highest BCUT2D eigenvalue weighted by atomic mass is 14.1. The summed E-state index contributed by atoms with van der Waals surface area (Å²) >= 11 is 0. The molecule has 0 bridgehead atoms. The van der Waals surface area contributed by atoms with Crippen molar-refractivity contribution in [3.8, 4) is 11.1 Å². The predicted octanol–water partition coefficient (Wildman–Crippen LogP) is 6.78. The minimum Gasteiger partial charge on any atom is -0.0616 e. The number of hydrogen-bond acceptors (Lipinski definition) is 0. The Morgan fingerprint density at radius 1 is 0.609 bits per heavy atom. The van der Waals surface area contributed by atoms with E-state index >= 15 is 0 Å². The summed E-state index contributed by atoms with van der Waals surface area (Å²) in [5.41, 5.74) is 3.98. The molecule has 0 spiro atoms. The van der Waals surface area contributed by atoms with Crippen molar-refractivity contribution in [3.63, 3.8) is 0 Å². The summed E-state index contributed by atoms with van der Waals surface area (Å²) in [6, 6.07) is 28.8. The summed E-state index contributed by atoms with van der Waals surface area (Å²) in [5, 5.41) is 5.22. The molecule has 0 saturated heterocycles. The first-order valence-electron chi connectivity index (χ1n) is 8.24. The molecule has 0 radical (unpaired) electrons. The first kappa shape index (κ1) is 14.0.